The Hall–Kier alpha value is -2.77. The first kappa shape index (κ1) is 17.6. The van der Waals surface area contributed by atoms with E-state index in [1.165, 1.54) is 0 Å². The minimum atomic E-state index is -0.0222. The summed E-state index contributed by atoms with van der Waals surface area (Å²) in [6.07, 6.45) is 0.296. The van der Waals surface area contributed by atoms with Crippen LogP contribution >= 0.6 is 22.7 Å². The SMILES string of the molecule is O=C(Cc1csc(-c2ccccc2)n1)NCCNc1nc2ccccc2s1. The lowest BCUT2D eigenvalue weighted by Gasteiger charge is -2.04. The van der Waals surface area contributed by atoms with Crippen LogP contribution in [0.2, 0.25) is 0 Å². The monoisotopic (exact) mass is 394 g/mol. The summed E-state index contributed by atoms with van der Waals surface area (Å²) in [7, 11) is 0. The van der Waals surface area contributed by atoms with Crippen molar-refractivity contribution in [3.63, 3.8) is 0 Å². The van der Waals surface area contributed by atoms with Crippen LogP contribution in [0.25, 0.3) is 20.8 Å². The van der Waals surface area contributed by atoms with E-state index in [1.54, 1.807) is 22.7 Å². The number of benzene rings is 2. The highest BCUT2D eigenvalue weighted by Gasteiger charge is 2.09. The van der Waals surface area contributed by atoms with Gasteiger partial charge in [0.1, 0.15) is 5.01 Å². The molecule has 2 aromatic heterocycles. The lowest BCUT2D eigenvalue weighted by Crippen LogP contribution is -2.30. The summed E-state index contributed by atoms with van der Waals surface area (Å²) < 4.78 is 1.15. The summed E-state index contributed by atoms with van der Waals surface area (Å²) in [6, 6.07) is 18.0. The van der Waals surface area contributed by atoms with Crippen LogP contribution in [0, 0.1) is 0 Å². The van der Waals surface area contributed by atoms with Crippen molar-refractivity contribution in [2.75, 3.05) is 18.4 Å². The van der Waals surface area contributed by atoms with Crippen molar-refractivity contribution in [1.82, 2.24) is 15.3 Å². The Bertz CT molecular complexity index is 1010. The highest BCUT2D eigenvalue weighted by atomic mass is 32.1. The van der Waals surface area contributed by atoms with Crippen LogP contribution in [0.5, 0.6) is 0 Å². The maximum Gasteiger partial charge on any atom is 0.226 e. The van der Waals surface area contributed by atoms with Gasteiger partial charge in [-0.15, -0.1) is 11.3 Å². The molecule has 7 heteroatoms. The van der Waals surface area contributed by atoms with E-state index in [-0.39, 0.29) is 5.91 Å². The number of hydrogen-bond acceptors (Lipinski definition) is 6. The van der Waals surface area contributed by atoms with Crippen molar-refractivity contribution in [3.05, 3.63) is 65.7 Å². The Morgan fingerprint density at radius 2 is 1.78 bits per heavy atom. The third-order valence-electron chi connectivity index (χ3n) is 3.93. The number of nitrogens with zero attached hydrogens (tertiary/aromatic N) is 2. The normalized spacial score (nSPS) is 10.8. The molecular weight excluding hydrogens is 376 g/mol. The number of carbonyl (C=O) groups is 1. The first-order valence-electron chi connectivity index (χ1n) is 8.64. The van der Waals surface area contributed by atoms with Gasteiger partial charge in [0.15, 0.2) is 5.13 Å². The number of hydrogen-bond donors (Lipinski definition) is 2. The first-order chi connectivity index (χ1) is 13.3. The van der Waals surface area contributed by atoms with Crippen molar-refractivity contribution in [2.24, 2.45) is 0 Å². The van der Waals surface area contributed by atoms with Crippen molar-refractivity contribution >= 4 is 43.9 Å². The Labute approximate surface area is 165 Å². The summed E-state index contributed by atoms with van der Waals surface area (Å²) >= 11 is 3.18. The van der Waals surface area contributed by atoms with E-state index in [4.69, 9.17) is 0 Å². The van der Waals surface area contributed by atoms with Crippen LogP contribution in [0.4, 0.5) is 5.13 Å². The summed E-state index contributed by atoms with van der Waals surface area (Å²) in [5.74, 6) is -0.0222. The molecule has 1 amide bonds. The van der Waals surface area contributed by atoms with Crippen molar-refractivity contribution in [2.45, 2.75) is 6.42 Å². The molecule has 0 saturated carbocycles. The number of aromatic nitrogens is 2. The molecule has 5 nitrogen and oxygen atoms in total. The molecule has 4 aromatic rings. The van der Waals surface area contributed by atoms with E-state index >= 15 is 0 Å². The number of para-hydroxylation sites is 1. The topological polar surface area (TPSA) is 66.9 Å². The van der Waals surface area contributed by atoms with Gasteiger partial charge >= 0.3 is 0 Å². The Morgan fingerprint density at radius 1 is 0.963 bits per heavy atom. The number of fused-ring (bicyclic) bond motifs is 1. The number of rotatable bonds is 7. The standard InChI is InChI=1S/C20H18N4OS2/c25-18(12-15-13-26-19(23-15)14-6-2-1-3-7-14)21-10-11-22-20-24-16-8-4-5-9-17(16)27-20/h1-9,13H,10-12H2,(H,21,25)(H,22,24). The molecule has 0 atom stereocenters. The fourth-order valence-electron chi connectivity index (χ4n) is 2.65. The molecule has 0 aliphatic carbocycles. The van der Waals surface area contributed by atoms with Crippen LogP contribution in [0.3, 0.4) is 0 Å². The molecule has 0 saturated heterocycles. The predicted octanol–water partition coefficient (Wildman–Crippen LogP) is 4.19. The maximum atomic E-state index is 12.1. The van der Waals surface area contributed by atoms with Gasteiger partial charge in [-0.2, -0.15) is 0 Å². The van der Waals surface area contributed by atoms with Gasteiger partial charge in [0.05, 0.1) is 22.3 Å². The summed E-state index contributed by atoms with van der Waals surface area (Å²) in [5, 5.41) is 9.94. The number of carbonyl (C=O) groups excluding carboxylic acids is 1. The van der Waals surface area contributed by atoms with Gasteiger partial charge in [-0.25, -0.2) is 9.97 Å². The summed E-state index contributed by atoms with van der Waals surface area (Å²) in [6.45, 7) is 1.18. The van der Waals surface area contributed by atoms with E-state index in [2.05, 4.69) is 26.7 Å². The predicted molar refractivity (Wildman–Crippen MR) is 112 cm³/mol. The van der Waals surface area contributed by atoms with E-state index in [0.29, 0.717) is 19.5 Å². The zero-order valence-electron chi connectivity index (χ0n) is 14.5. The first-order valence-corrected chi connectivity index (χ1v) is 10.3. The van der Waals surface area contributed by atoms with Gasteiger partial charge in [0.2, 0.25) is 5.91 Å². The lowest BCUT2D eigenvalue weighted by atomic mass is 10.2. The van der Waals surface area contributed by atoms with Gasteiger partial charge in [-0.1, -0.05) is 53.8 Å². The molecule has 2 aromatic carbocycles. The average molecular weight is 395 g/mol. The smallest absolute Gasteiger partial charge is 0.226 e. The van der Waals surface area contributed by atoms with Crippen molar-refractivity contribution in [3.8, 4) is 10.6 Å². The second-order valence-electron chi connectivity index (χ2n) is 5.95. The van der Waals surface area contributed by atoms with E-state index in [1.807, 2.05) is 53.9 Å². The van der Waals surface area contributed by atoms with E-state index in [9.17, 15) is 4.79 Å². The number of thiazole rings is 2. The third-order valence-corrected chi connectivity index (χ3v) is 5.87. The van der Waals surface area contributed by atoms with Gasteiger partial charge in [0, 0.05) is 24.0 Å². The molecule has 0 aliphatic rings. The van der Waals surface area contributed by atoms with E-state index in [0.717, 1.165) is 31.6 Å². The van der Waals surface area contributed by atoms with Crippen LogP contribution in [0.15, 0.2) is 60.0 Å². The highest BCUT2D eigenvalue weighted by Crippen LogP contribution is 2.25. The zero-order valence-corrected chi connectivity index (χ0v) is 16.1. The third kappa shape index (κ3) is 4.50. The minimum absolute atomic E-state index is 0.0222. The Morgan fingerprint density at radius 3 is 2.63 bits per heavy atom. The molecule has 0 unspecified atom stereocenters. The quantitative estimate of drug-likeness (QED) is 0.461. The molecule has 4 rings (SSSR count). The summed E-state index contributed by atoms with van der Waals surface area (Å²) in [4.78, 5) is 21.2. The second kappa shape index (κ2) is 8.28. The number of nitrogens with one attached hydrogen (secondary N) is 2. The largest absolute Gasteiger partial charge is 0.360 e. The van der Waals surface area contributed by atoms with Gasteiger partial charge in [-0.3, -0.25) is 4.79 Å². The minimum Gasteiger partial charge on any atom is -0.360 e. The van der Waals surface area contributed by atoms with E-state index < -0.39 is 0 Å². The van der Waals surface area contributed by atoms with Crippen LogP contribution < -0.4 is 10.6 Å². The van der Waals surface area contributed by atoms with Crippen LogP contribution in [0.1, 0.15) is 5.69 Å². The van der Waals surface area contributed by atoms with Gasteiger partial charge < -0.3 is 10.6 Å². The molecular formula is C20H18N4OS2. The molecule has 0 fully saturated rings. The van der Waals surface area contributed by atoms with Gasteiger partial charge in [0.25, 0.3) is 0 Å². The number of amides is 1. The van der Waals surface area contributed by atoms with Gasteiger partial charge in [-0.05, 0) is 12.1 Å². The molecule has 2 heterocycles. The zero-order chi connectivity index (χ0) is 18.5. The average Bonchev–Trinajstić information content (AvgIpc) is 3.32. The highest BCUT2D eigenvalue weighted by molar-refractivity contribution is 7.22. The molecule has 0 aliphatic heterocycles. The fraction of sp³-hybridized carbons (Fsp3) is 0.150. The van der Waals surface area contributed by atoms with Crippen LogP contribution in [-0.2, 0) is 11.2 Å². The summed E-state index contributed by atoms with van der Waals surface area (Å²) in [5.41, 5.74) is 2.87. The molecule has 2 N–H and O–H groups in total. The molecule has 27 heavy (non-hydrogen) atoms. The lowest BCUT2D eigenvalue weighted by molar-refractivity contribution is -0.120. The van der Waals surface area contributed by atoms with Crippen molar-refractivity contribution in [1.29, 1.82) is 0 Å². The second-order valence-corrected chi connectivity index (χ2v) is 7.84. The fourth-order valence-corrected chi connectivity index (χ4v) is 4.36. The molecule has 0 radical (unpaired) electrons. The molecule has 0 bridgehead atoms. The van der Waals surface area contributed by atoms with Crippen LogP contribution in [-0.4, -0.2) is 29.0 Å². The molecule has 0 spiro atoms. The van der Waals surface area contributed by atoms with Crippen molar-refractivity contribution < 1.29 is 4.79 Å². The molecule has 136 valence electrons. The number of anilines is 1. The Balaban J connectivity index is 1.23. The maximum absolute atomic E-state index is 12.1. The Kier molecular flexibility index (Phi) is 5.41.